The van der Waals surface area contributed by atoms with Gasteiger partial charge in [0.1, 0.15) is 0 Å². The zero-order valence-corrected chi connectivity index (χ0v) is 22.4. The lowest BCUT2D eigenvalue weighted by Crippen LogP contribution is -2.22. The lowest BCUT2D eigenvalue weighted by atomic mass is 10.1. The minimum absolute atomic E-state index is 0.327. The third-order valence-corrected chi connectivity index (χ3v) is 6.71. The molecule has 0 spiro atoms. The smallest absolute Gasteiger partial charge is 0.266 e. The molecule has 0 saturated carbocycles. The highest BCUT2D eigenvalue weighted by Crippen LogP contribution is 2.39. The second-order valence-corrected chi connectivity index (χ2v) is 10.5. The van der Waals surface area contributed by atoms with Crippen LogP contribution in [0.3, 0.4) is 0 Å². The van der Waals surface area contributed by atoms with Crippen molar-refractivity contribution in [2.75, 3.05) is 20.3 Å². The Bertz CT molecular complexity index is 823. The van der Waals surface area contributed by atoms with Gasteiger partial charge in [0.05, 0.1) is 9.81 Å². The molecule has 186 valence electrons. The molecule has 34 heavy (non-hydrogen) atoms. The van der Waals surface area contributed by atoms with Crippen LogP contribution in [0.25, 0.3) is 0 Å². The quantitative estimate of drug-likeness (QED) is 0.400. The molecule has 1 aliphatic rings. The molecule has 0 aromatic heterocycles. The van der Waals surface area contributed by atoms with Crippen LogP contribution < -0.4 is 5.32 Å². The van der Waals surface area contributed by atoms with E-state index >= 15 is 0 Å². The molecular weight excluding hydrogens is 466 g/mol. The average Bonchev–Trinajstić information content (AvgIpc) is 3.07. The maximum atomic E-state index is 12.0. The molecule has 0 aliphatic carbocycles. The lowest BCUT2D eigenvalue weighted by Gasteiger charge is -2.03. The first-order valence-corrected chi connectivity index (χ1v) is 13.1. The second kappa shape index (κ2) is 17.4. The molecule has 1 heterocycles. The van der Waals surface area contributed by atoms with Crippen LogP contribution in [0.4, 0.5) is 0 Å². The van der Waals surface area contributed by atoms with E-state index in [2.05, 4.69) is 33.0 Å². The molecule has 0 fully saturated rings. The Morgan fingerprint density at radius 3 is 1.44 bits per heavy atom. The zero-order valence-electron chi connectivity index (χ0n) is 20.7. The predicted octanol–water partition coefficient (Wildman–Crippen LogP) is 6.14. The number of aliphatic hydroxyl groups is 1. The summed E-state index contributed by atoms with van der Waals surface area (Å²) in [5.41, 5.74) is 0. The van der Waals surface area contributed by atoms with Crippen LogP contribution in [-0.4, -0.2) is 37.2 Å². The predicted molar refractivity (Wildman–Crippen MR) is 143 cm³/mol. The summed E-state index contributed by atoms with van der Waals surface area (Å²) < 4.78 is 4.85. The molecule has 2 amide bonds. The summed E-state index contributed by atoms with van der Waals surface area (Å²) in [6.45, 7) is 9.81. The molecule has 2 N–H and O–H groups in total. The number of methoxy groups -OCH3 is 1. The lowest BCUT2D eigenvalue weighted by molar-refractivity contribution is -0.123. The summed E-state index contributed by atoms with van der Waals surface area (Å²) >= 11 is 2.63. The Morgan fingerprint density at radius 1 is 0.765 bits per heavy atom. The molecule has 0 saturated heterocycles. The van der Waals surface area contributed by atoms with Gasteiger partial charge in [-0.1, -0.05) is 87.6 Å². The van der Waals surface area contributed by atoms with Crippen molar-refractivity contribution in [1.82, 2.24) is 5.32 Å². The van der Waals surface area contributed by atoms with Crippen molar-refractivity contribution in [3.05, 3.63) is 70.5 Å². The van der Waals surface area contributed by atoms with Gasteiger partial charge in [0.25, 0.3) is 11.8 Å². The van der Waals surface area contributed by atoms with Crippen LogP contribution in [-0.2, 0) is 14.3 Å². The van der Waals surface area contributed by atoms with Crippen molar-refractivity contribution in [2.24, 2.45) is 11.8 Å². The van der Waals surface area contributed by atoms with E-state index in [1.54, 1.807) is 7.11 Å². The van der Waals surface area contributed by atoms with Gasteiger partial charge in [0.15, 0.2) is 0 Å². The molecule has 2 aromatic carbocycles. The van der Waals surface area contributed by atoms with Gasteiger partial charge >= 0.3 is 0 Å². The fourth-order valence-electron chi connectivity index (χ4n) is 2.43. The summed E-state index contributed by atoms with van der Waals surface area (Å²) in [5.74, 6) is 0.773. The molecule has 3 rings (SSSR count). The molecule has 0 radical (unpaired) electrons. The third kappa shape index (κ3) is 12.4. The van der Waals surface area contributed by atoms with Crippen LogP contribution >= 0.6 is 23.5 Å². The first-order valence-electron chi connectivity index (χ1n) is 11.4. The monoisotopic (exact) mass is 503 g/mol. The Labute approximate surface area is 212 Å². The molecule has 1 aliphatic heterocycles. The number of ether oxygens (including phenoxy) is 1. The van der Waals surface area contributed by atoms with E-state index in [1.165, 1.54) is 29.9 Å². The van der Waals surface area contributed by atoms with Gasteiger partial charge < -0.3 is 9.84 Å². The van der Waals surface area contributed by atoms with Crippen LogP contribution in [0, 0.1) is 11.8 Å². The van der Waals surface area contributed by atoms with E-state index < -0.39 is 0 Å². The summed E-state index contributed by atoms with van der Waals surface area (Å²) in [5, 5.41) is 10.6. The van der Waals surface area contributed by atoms with E-state index in [1.807, 2.05) is 60.7 Å². The average molecular weight is 504 g/mol. The van der Waals surface area contributed by atoms with Crippen molar-refractivity contribution < 1.29 is 19.4 Å². The minimum atomic E-state index is -0.327. The Hall–Kier alpha value is -2.06. The molecular formula is C27H37NO4S2. The normalized spacial score (nSPS) is 12.8. The summed E-state index contributed by atoms with van der Waals surface area (Å²) in [6.07, 6.45) is 2.11. The largest absolute Gasteiger partial charge is 0.396 e. The van der Waals surface area contributed by atoms with E-state index in [4.69, 9.17) is 9.84 Å². The Kier molecular flexibility index (Phi) is 15.3. The van der Waals surface area contributed by atoms with Crippen molar-refractivity contribution in [3.8, 4) is 0 Å². The molecule has 2 aromatic rings. The first-order chi connectivity index (χ1) is 16.3. The van der Waals surface area contributed by atoms with Crippen molar-refractivity contribution in [2.45, 2.75) is 50.3 Å². The SMILES string of the molecule is CC(C)CCO.COCCC(C)C.O=C1NC(=O)C(Sc2ccccc2)=C1Sc1ccccc1. The van der Waals surface area contributed by atoms with Crippen LogP contribution in [0.1, 0.15) is 40.5 Å². The minimum Gasteiger partial charge on any atom is -0.396 e. The van der Waals surface area contributed by atoms with Gasteiger partial charge in [-0.3, -0.25) is 14.9 Å². The Morgan fingerprint density at radius 2 is 1.18 bits per heavy atom. The highest BCUT2D eigenvalue weighted by molar-refractivity contribution is 8.08. The van der Waals surface area contributed by atoms with Gasteiger partial charge in [-0.05, 0) is 48.9 Å². The van der Waals surface area contributed by atoms with Crippen molar-refractivity contribution in [3.63, 3.8) is 0 Å². The molecule has 0 bridgehead atoms. The molecule has 0 unspecified atom stereocenters. The highest BCUT2D eigenvalue weighted by Gasteiger charge is 2.31. The fraction of sp³-hybridized carbons (Fsp3) is 0.407. The number of nitrogens with one attached hydrogen (secondary N) is 1. The maximum Gasteiger partial charge on any atom is 0.266 e. The number of hydrogen-bond acceptors (Lipinski definition) is 6. The van der Waals surface area contributed by atoms with Gasteiger partial charge in [-0.15, -0.1) is 0 Å². The number of thioether (sulfide) groups is 2. The fourth-order valence-corrected chi connectivity index (χ4v) is 4.40. The Balaban J connectivity index is 0.000000369. The van der Waals surface area contributed by atoms with Crippen LogP contribution in [0.15, 0.2) is 80.3 Å². The molecule has 0 atom stereocenters. The third-order valence-electron chi connectivity index (χ3n) is 4.38. The van der Waals surface area contributed by atoms with Crippen molar-refractivity contribution in [1.29, 1.82) is 0 Å². The van der Waals surface area contributed by atoms with Crippen molar-refractivity contribution >= 4 is 35.3 Å². The van der Waals surface area contributed by atoms with Gasteiger partial charge in [0.2, 0.25) is 0 Å². The number of rotatable bonds is 9. The van der Waals surface area contributed by atoms with Gasteiger partial charge in [0, 0.05) is 30.1 Å². The first kappa shape index (κ1) is 30.0. The standard InChI is InChI=1S/C16H11NO2S2.C6H14O.C5H12O/c18-15-13(20-11-7-3-1-4-8-11)14(16(19)17-15)21-12-9-5-2-6-10-12;1-6(2)4-5-7-3;1-5(2)3-4-6/h1-10H,(H,17,18,19);6H,4-5H2,1-3H3;5-6H,3-4H2,1-2H3. The van der Waals surface area contributed by atoms with E-state index in [-0.39, 0.29) is 11.8 Å². The topological polar surface area (TPSA) is 75.6 Å². The second-order valence-electron chi connectivity index (χ2n) is 8.35. The van der Waals surface area contributed by atoms with Gasteiger partial charge in [-0.25, -0.2) is 0 Å². The number of hydrogen-bond donors (Lipinski definition) is 2. The molecule has 5 nitrogen and oxygen atoms in total. The zero-order chi connectivity index (χ0) is 25.3. The van der Waals surface area contributed by atoms with Gasteiger partial charge in [-0.2, -0.15) is 0 Å². The van der Waals surface area contributed by atoms with Crippen LogP contribution in [0.2, 0.25) is 0 Å². The number of imide groups is 1. The summed E-state index contributed by atoms with van der Waals surface area (Å²) in [6, 6.07) is 19.1. The number of carbonyl (C=O) groups is 2. The number of aliphatic hydroxyl groups excluding tert-OH is 1. The number of amides is 2. The van der Waals surface area contributed by atoms with E-state index in [0.29, 0.717) is 22.3 Å². The maximum absolute atomic E-state index is 12.0. The molecule has 7 heteroatoms. The summed E-state index contributed by atoms with van der Waals surface area (Å²) in [7, 11) is 1.74. The van der Waals surface area contributed by atoms with E-state index in [0.717, 1.165) is 28.7 Å². The van der Waals surface area contributed by atoms with Crippen LogP contribution in [0.5, 0.6) is 0 Å². The number of benzene rings is 2. The van der Waals surface area contributed by atoms with E-state index in [9.17, 15) is 9.59 Å². The highest BCUT2D eigenvalue weighted by atomic mass is 32.2. The number of carbonyl (C=O) groups excluding carboxylic acids is 2. The summed E-state index contributed by atoms with van der Waals surface area (Å²) in [4.78, 5) is 26.7.